The lowest BCUT2D eigenvalue weighted by molar-refractivity contribution is -0.151. The zero-order valence-electron chi connectivity index (χ0n) is 14.1. The lowest BCUT2D eigenvalue weighted by atomic mass is 9.95. The maximum Gasteiger partial charge on any atom is 0.326 e. The second kappa shape index (κ2) is 10.2. The molecule has 0 aliphatic heterocycles. The van der Waals surface area contributed by atoms with Crippen molar-refractivity contribution in [2.24, 2.45) is 5.92 Å². The SMILES string of the molecule is CCCNC(C)(CCCOC(C)C(C)C)C(=O)OCC. The van der Waals surface area contributed by atoms with Crippen molar-refractivity contribution >= 4 is 5.97 Å². The van der Waals surface area contributed by atoms with Gasteiger partial charge in [0.1, 0.15) is 5.54 Å². The van der Waals surface area contributed by atoms with Crippen LogP contribution in [-0.2, 0) is 14.3 Å². The summed E-state index contributed by atoms with van der Waals surface area (Å²) in [4.78, 5) is 12.1. The molecule has 0 heterocycles. The van der Waals surface area contributed by atoms with E-state index in [0.717, 1.165) is 25.8 Å². The Bertz CT molecular complexity index is 268. The molecule has 0 aromatic rings. The first-order valence-electron chi connectivity index (χ1n) is 7.91. The summed E-state index contributed by atoms with van der Waals surface area (Å²) in [5, 5.41) is 3.31. The molecule has 1 N–H and O–H groups in total. The van der Waals surface area contributed by atoms with Gasteiger partial charge in [0.25, 0.3) is 0 Å². The third-order valence-electron chi connectivity index (χ3n) is 3.63. The molecule has 20 heavy (non-hydrogen) atoms. The molecule has 0 aliphatic rings. The zero-order valence-corrected chi connectivity index (χ0v) is 14.1. The van der Waals surface area contributed by atoms with Crippen LogP contribution in [0.15, 0.2) is 0 Å². The Labute approximate surface area is 124 Å². The normalized spacial score (nSPS) is 15.9. The van der Waals surface area contributed by atoms with Gasteiger partial charge in [0.05, 0.1) is 12.7 Å². The molecule has 120 valence electrons. The Morgan fingerprint density at radius 2 is 1.90 bits per heavy atom. The van der Waals surface area contributed by atoms with E-state index in [4.69, 9.17) is 9.47 Å². The van der Waals surface area contributed by atoms with Crippen LogP contribution in [0.4, 0.5) is 0 Å². The average molecular weight is 287 g/mol. The third-order valence-corrected chi connectivity index (χ3v) is 3.63. The van der Waals surface area contributed by atoms with E-state index in [0.29, 0.717) is 19.1 Å². The molecule has 0 saturated carbocycles. The Morgan fingerprint density at radius 3 is 2.40 bits per heavy atom. The summed E-state index contributed by atoms with van der Waals surface area (Å²) in [5.74, 6) is 0.356. The molecule has 0 aromatic carbocycles. The van der Waals surface area contributed by atoms with E-state index >= 15 is 0 Å². The van der Waals surface area contributed by atoms with E-state index in [1.54, 1.807) is 0 Å². The second-order valence-corrected chi connectivity index (χ2v) is 5.90. The van der Waals surface area contributed by atoms with Crippen LogP contribution < -0.4 is 5.32 Å². The number of hydrogen-bond donors (Lipinski definition) is 1. The minimum Gasteiger partial charge on any atom is -0.465 e. The van der Waals surface area contributed by atoms with Gasteiger partial charge < -0.3 is 14.8 Å². The van der Waals surface area contributed by atoms with Crippen molar-refractivity contribution in [3.8, 4) is 0 Å². The maximum absolute atomic E-state index is 12.1. The number of hydrogen-bond acceptors (Lipinski definition) is 4. The molecule has 0 rings (SSSR count). The lowest BCUT2D eigenvalue weighted by Crippen LogP contribution is -2.51. The summed E-state index contributed by atoms with van der Waals surface area (Å²) in [7, 11) is 0. The van der Waals surface area contributed by atoms with E-state index in [-0.39, 0.29) is 12.1 Å². The predicted octanol–water partition coefficient (Wildman–Crippen LogP) is 3.15. The van der Waals surface area contributed by atoms with Crippen LogP contribution in [0, 0.1) is 5.92 Å². The number of ether oxygens (including phenoxy) is 2. The highest BCUT2D eigenvalue weighted by atomic mass is 16.5. The highest BCUT2D eigenvalue weighted by molar-refractivity contribution is 5.80. The Balaban J connectivity index is 4.26. The third kappa shape index (κ3) is 7.25. The van der Waals surface area contributed by atoms with Gasteiger partial charge in [-0.05, 0) is 52.5 Å². The number of rotatable bonds is 11. The van der Waals surface area contributed by atoms with Crippen molar-refractivity contribution in [2.75, 3.05) is 19.8 Å². The van der Waals surface area contributed by atoms with Crippen LogP contribution in [0.1, 0.15) is 60.8 Å². The molecular weight excluding hydrogens is 254 g/mol. The van der Waals surface area contributed by atoms with E-state index in [9.17, 15) is 4.79 Å². The van der Waals surface area contributed by atoms with Gasteiger partial charge in [0.15, 0.2) is 0 Å². The fourth-order valence-electron chi connectivity index (χ4n) is 1.84. The first-order valence-corrected chi connectivity index (χ1v) is 7.91. The molecular formula is C16H33NO3. The lowest BCUT2D eigenvalue weighted by Gasteiger charge is -2.29. The van der Waals surface area contributed by atoms with E-state index in [1.165, 1.54) is 0 Å². The zero-order chi connectivity index (χ0) is 15.6. The van der Waals surface area contributed by atoms with Crippen molar-refractivity contribution < 1.29 is 14.3 Å². The minimum absolute atomic E-state index is 0.162. The molecule has 0 fully saturated rings. The highest BCUT2D eigenvalue weighted by Gasteiger charge is 2.33. The summed E-state index contributed by atoms with van der Waals surface area (Å²) >= 11 is 0. The largest absolute Gasteiger partial charge is 0.465 e. The van der Waals surface area contributed by atoms with E-state index < -0.39 is 5.54 Å². The van der Waals surface area contributed by atoms with Crippen molar-refractivity contribution in [1.29, 1.82) is 0 Å². The Kier molecular flexibility index (Phi) is 9.86. The molecule has 2 unspecified atom stereocenters. The van der Waals surface area contributed by atoms with Gasteiger partial charge in [-0.1, -0.05) is 20.8 Å². The summed E-state index contributed by atoms with van der Waals surface area (Å²) < 4.78 is 10.9. The molecule has 0 aliphatic carbocycles. The topological polar surface area (TPSA) is 47.6 Å². The molecule has 0 spiro atoms. The van der Waals surface area contributed by atoms with Gasteiger partial charge in [-0.25, -0.2) is 0 Å². The molecule has 4 nitrogen and oxygen atoms in total. The first kappa shape index (κ1) is 19.4. The van der Waals surface area contributed by atoms with Gasteiger partial charge in [-0.3, -0.25) is 4.79 Å². The van der Waals surface area contributed by atoms with Crippen molar-refractivity contribution in [2.45, 2.75) is 72.4 Å². The number of carbonyl (C=O) groups excluding carboxylic acids is 1. The molecule has 0 aromatic heterocycles. The Hall–Kier alpha value is -0.610. The Morgan fingerprint density at radius 1 is 1.25 bits per heavy atom. The molecule has 0 radical (unpaired) electrons. The molecule has 0 bridgehead atoms. The maximum atomic E-state index is 12.1. The van der Waals surface area contributed by atoms with Crippen molar-refractivity contribution in [1.82, 2.24) is 5.32 Å². The summed E-state index contributed by atoms with van der Waals surface area (Å²) in [6.45, 7) is 14.2. The van der Waals surface area contributed by atoms with Gasteiger partial charge in [0.2, 0.25) is 0 Å². The summed E-state index contributed by atoms with van der Waals surface area (Å²) in [6.07, 6.45) is 2.84. The molecule has 0 amide bonds. The van der Waals surface area contributed by atoms with Gasteiger partial charge in [-0.15, -0.1) is 0 Å². The molecule has 0 saturated heterocycles. The van der Waals surface area contributed by atoms with Gasteiger partial charge in [0, 0.05) is 6.61 Å². The van der Waals surface area contributed by atoms with Crippen LogP contribution in [0.2, 0.25) is 0 Å². The van der Waals surface area contributed by atoms with Crippen LogP contribution in [0.25, 0.3) is 0 Å². The standard InChI is InChI=1S/C16H33NO3/c1-7-11-17-16(6,15(18)19-8-2)10-9-12-20-14(5)13(3)4/h13-14,17H,7-12H2,1-6H3. The van der Waals surface area contributed by atoms with Crippen LogP contribution in [0.5, 0.6) is 0 Å². The second-order valence-electron chi connectivity index (χ2n) is 5.90. The first-order chi connectivity index (χ1) is 9.37. The monoisotopic (exact) mass is 287 g/mol. The van der Waals surface area contributed by atoms with Crippen molar-refractivity contribution in [3.63, 3.8) is 0 Å². The quantitative estimate of drug-likeness (QED) is 0.468. The number of esters is 1. The predicted molar refractivity (Wildman–Crippen MR) is 82.8 cm³/mol. The fourth-order valence-corrected chi connectivity index (χ4v) is 1.84. The summed E-state index contributed by atoms with van der Waals surface area (Å²) in [5.41, 5.74) is -0.601. The molecule has 4 heteroatoms. The van der Waals surface area contributed by atoms with Crippen LogP contribution >= 0.6 is 0 Å². The van der Waals surface area contributed by atoms with Gasteiger partial charge >= 0.3 is 5.97 Å². The van der Waals surface area contributed by atoms with E-state index in [1.807, 2.05) is 13.8 Å². The van der Waals surface area contributed by atoms with E-state index in [2.05, 4.69) is 33.0 Å². The highest BCUT2D eigenvalue weighted by Crippen LogP contribution is 2.16. The molecule has 2 atom stereocenters. The number of nitrogens with one attached hydrogen (secondary N) is 1. The van der Waals surface area contributed by atoms with Crippen LogP contribution in [0.3, 0.4) is 0 Å². The smallest absolute Gasteiger partial charge is 0.326 e. The average Bonchev–Trinajstić information content (AvgIpc) is 2.41. The number of carbonyl (C=O) groups is 1. The van der Waals surface area contributed by atoms with Crippen molar-refractivity contribution in [3.05, 3.63) is 0 Å². The van der Waals surface area contributed by atoms with Crippen LogP contribution in [-0.4, -0.2) is 37.4 Å². The minimum atomic E-state index is -0.601. The summed E-state index contributed by atoms with van der Waals surface area (Å²) in [6, 6.07) is 0. The fraction of sp³-hybridized carbons (Fsp3) is 0.938. The van der Waals surface area contributed by atoms with Gasteiger partial charge in [-0.2, -0.15) is 0 Å².